The van der Waals surface area contributed by atoms with Crippen LogP contribution in [0.4, 0.5) is 0 Å². The number of phenols is 1. The van der Waals surface area contributed by atoms with Gasteiger partial charge in [-0.25, -0.2) is 0 Å². The Bertz CT molecular complexity index is 617. The van der Waals surface area contributed by atoms with Crippen LogP contribution in [0.15, 0.2) is 40.9 Å². The smallest absolute Gasteiger partial charge is 0.119 e. The first-order valence-electron chi connectivity index (χ1n) is 6.07. The van der Waals surface area contributed by atoms with Gasteiger partial charge in [-0.15, -0.1) is 0 Å². The predicted octanol–water partition coefficient (Wildman–Crippen LogP) is 4.98. The molecule has 2 nitrogen and oxygen atoms in total. The lowest BCUT2D eigenvalue weighted by molar-refractivity contribution is 0.280. The van der Waals surface area contributed by atoms with Crippen LogP contribution in [0.2, 0.25) is 10.0 Å². The fraction of sp³-hybridized carbons (Fsp3) is 0.200. The second-order valence-electron chi connectivity index (χ2n) is 4.43. The molecule has 2 aromatic carbocycles. The molecule has 2 rings (SSSR count). The molecular weight excluding hydrogens is 363 g/mol. The van der Waals surface area contributed by atoms with Crippen LogP contribution in [0.3, 0.4) is 0 Å². The Morgan fingerprint density at radius 3 is 2.45 bits per heavy atom. The van der Waals surface area contributed by atoms with Crippen LogP contribution in [0.5, 0.6) is 5.75 Å². The quantitative estimate of drug-likeness (QED) is 0.791. The minimum atomic E-state index is -0.192. The lowest BCUT2D eigenvalue weighted by Gasteiger charge is -2.20. The molecule has 0 aliphatic heterocycles. The number of aromatic hydroxyl groups is 1. The van der Waals surface area contributed by atoms with Gasteiger partial charge >= 0.3 is 0 Å². The first-order valence-corrected chi connectivity index (χ1v) is 7.62. The number of aliphatic hydroxyl groups is 1. The van der Waals surface area contributed by atoms with Crippen LogP contribution in [-0.2, 0) is 0 Å². The fourth-order valence-electron chi connectivity index (χ4n) is 2.20. The number of benzene rings is 2. The number of hydrogen-bond donors (Lipinski definition) is 2. The summed E-state index contributed by atoms with van der Waals surface area (Å²) in [5.41, 5.74) is 1.55. The Balaban J connectivity index is 2.53. The maximum Gasteiger partial charge on any atom is 0.119 e. The van der Waals surface area contributed by atoms with Gasteiger partial charge in [-0.2, -0.15) is 0 Å². The largest absolute Gasteiger partial charge is 0.508 e. The number of aliphatic hydroxyl groups excluding tert-OH is 1. The van der Waals surface area contributed by atoms with Gasteiger partial charge in [0.05, 0.1) is 0 Å². The Morgan fingerprint density at radius 2 is 1.80 bits per heavy atom. The van der Waals surface area contributed by atoms with Crippen molar-refractivity contribution in [1.82, 2.24) is 0 Å². The van der Waals surface area contributed by atoms with Crippen LogP contribution in [0.1, 0.15) is 23.5 Å². The van der Waals surface area contributed by atoms with Crippen LogP contribution in [0, 0.1) is 0 Å². The van der Waals surface area contributed by atoms with E-state index in [4.69, 9.17) is 23.2 Å². The maximum absolute atomic E-state index is 10.1. The molecule has 2 N–H and O–H groups in total. The van der Waals surface area contributed by atoms with E-state index in [2.05, 4.69) is 15.9 Å². The van der Waals surface area contributed by atoms with Gasteiger partial charge in [0, 0.05) is 32.6 Å². The summed E-state index contributed by atoms with van der Waals surface area (Å²) in [6.45, 7) is -0.00439. The van der Waals surface area contributed by atoms with Crippen molar-refractivity contribution in [3.63, 3.8) is 0 Å². The van der Waals surface area contributed by atoms with E-state index in [0.717, 1.165) is 15.6 Å². The Morgan fingerprint density at radius 1 is 1.05 bits per heavy atom. The Hall–Kier alpha value is -0.740. The van der Waals surface area contributed by atoms with E-state index in [1.807, 2.05) is 12.1 Å². The third-order valence-electron chi connectivity index (χ3n) is 3.12. The average Bonchev–Trinajstić information content (AvgIpc) is 2.40. The van der Waals surface area contributed by atoms with Crippen molar-refractivity contribution >= 4 is 39.1 Å². The maximum atomic E-state index is 10.1. The second kappa shape index (κ2) is 6.81. The van der Waals surface area contributed by atoms with E-state index in [0.29, 0.717) is 16.5 Å². The van der Waals surface area contributed by atoms with Crippen LogP contribution in [0.25, 0.3) is 0 Å². The van der Waals surface area contributed by atoms with Gasteiger partial charge in [0.1, 0.15) is 5.75 Å². The predicted molar refractivity (Wildman–Crippen MR) is 85.8 cm³/mol. The molecule has 2 aromatic rings. The highest BCUT2D eigenvalue weighted by atomic mass is 79.9. The van der Waals surface area contributed by atoms with Gasteiger partial charge in [-0.3, -0.25) is 0 Å². The topological polar surface area (TPSA) is 40.5 Å². The van der Waals surface area contributed by atoms with Gasteiger partial charge < -0.3 is 10.2 Å². The summed E-state index contributed by atoms with van der Waals surface area (Å²) in [7, 11) is 0. The molecule has 0 saturated carbocycles. The van der Waals surface area contributed by atoms with Crippen molar-refractivity contribution in [3.05, 3.63) is 62.0 Å². The molecule has 1 atom stereocenters. The van der Waals surface area contributed by atoms with E-state index in [1.54, 1.807) is 24.3 Å². The van der Waals surface area contributed by atoms with E-state index in [9.17, 15) is 10.2 Å². The highest BCUT2D eigenvalue weighted by Gasteiger charge is 2.20. The molecule has 0 amide bonds. The van der Waals surface area contributed by atoms with Crippen molar-refractivity contribution in [2.75, 3.05) is 6.61 Å². The number of phenolic OH excluding ortho intramolecular Hbond substituents is 1. The van der Waals surface area contributed by atoms with Gasteiger partial charge in [-0.05, 0) is 42.3 Å². The summed E-state index contributed by atoms with van der Waals surface area (Å²) in [6, 6.07) is 10.5. The molecule has 0 heterocycles. The van der Waals surface area contributed by atoms with Crippen LogP contribution in [-0.4, -0.2) is 16.8 Å². The third-order valence-corrected chi connectivity index (χ3v) is 4.18. The zero-order chi connectivity index (χ0) is 14.7. The lowest BCUT2D eigenvalue weighted by Crippen LogP contribution is -2.05. The Labute approximate surface area is 136 Å². The lowest BCUT2D eigenvalue weighted by atomic mass is 9.88. The molecule has 0 aliphatic rings. The standard InChI is InChI=1S/C15H13BrCl2O2/c16-9-1-4-15(20)13(7-9)11(5-6-19)12-3-2-10(17)8-14(12)18/h1-4,7-8,11,19-20H,5-6H2. The van der Waals surface area contributed by atoms with Crippen molar-refractivity contribution in [2.24, 2.45) is 0 Å². The van der Waals surface area contributed by atoms with Gasteiger partial charge in [0.25, 0.3) is 0 Å². The molecule has 0 saturated heterocycles. The minimum Gasteiger partial charge on any atom is -0.508 e. The van der Waals surface area contributed by atoms with E-state index in [1.165, 1.54) is 0 Å². The van der Waals surface area contributed by atoms with Crippen LogP contribution < -0.4 is 0 Å². The fourth-order valence-corrected chi connectivity index (χ4v) is 3.12. The van der Waals surface area contributed by atoms with Gasteiger partial charge in [-0.1, -0.05) is 45.2 Å². The normalized spacial score (nSPS) is 12.4. The van der Waals surface area contributed by atoms with Crippen LogP contribution >= 0.6 is 39.1 Å². The van der Waals surface area contributed by atoms with Crippen molar-refractivity contribution in [3.8, 4) is 5.75 Å². The van der Waals surface area contributed by atoms with Gasteiger partial charge in [0.2, 0.25) is 0 Å². The highest BCUT2D eigenvalue weighted by molar-refractivity contribution is 9.10. The molecule has 106 valence electrons. The molecule has 0 aliphatic carbocycles. The zero-order valence-electron chi connectivity index (χ0n) is 10.5. The molecule has 0 bridgehead atoms. The van der Waals surface area contributed by atoms with Crippen molar-refractivity contribution in [2.45, 2.75) is 12.3 Å². The molecule has 0 aromatic heterocycles. The average molecular weight is 376 g/mol. The summed E-state index contributed by atoms with van der Waals surface area (Å²) in [5.74, 6) is -0.0140. The molecule has 20 heavy (non-hydrogen) atoms. The molecule has 0 spiro atoms. The summed E-state index contributed by atoms with van der Waals surface area (Å²) >= 11 is 15.5. The van der Waals surface area contributed by atoms with Gasteiger partial charge in [0.15, 0.2) is 0 Å². The molecule has 0 radical (unpaired) electrons. The molecule has 5 heteroatoms. The van der Waals surface area contributed by atoms with E-state index >= 15 is 0 Å². The molecule has 0 fully saturated rings. The molecule has 1 unspecified atom stereocenters. The number of hydrogen-bond acceptors (Lipinski definition) is 2. The Kier molecular flexibility index (Phi) is 5.33. The summed E-state index contributed by atoms with van der Waals surface area (Å²) in [5, 5.41) is 20.4. The van der Waals surface area contributed by atoms with Crippen molar-refractivity contribution in [1.29, 1.82) is 0 Å². The first-order chi connectivity index (χ1) is 9.52. The summed E-state index contributed by atoms with van der Waals surface area (Å²) < 4.78 is 0.860. The second-order valence-corrected chi connectivity index (χ2v) is 6.19. The molecular formula is C15H13BrCl2O2. The zero-order valence-corrected chi connectivity index (χ0v) is 13.6. The monoisotopic (exact) mass is 374 g/mol. The van der Waals surface area contributed by atoms with E-state index < -0.39 is 0 Å². The third kappa shape index (κ3) is 3.47. The first kappa shape index (κ1) is 15.6. The van der Waals surface area contributed by atoms with E-state index in [-0.39, 0.29) is 18.3 Å². The van der Waals surface area contributed by atoms with Crippen molar-refractivity contribution < 1.29 is 10.2 Å². The highest BCUT2D eigenvalue weighted by Crippen LogP contribution is 2.39. The number of halogens is 3. The number of rotatable bonds is 4. The summed E-state index contributed by atoms with van der Waals surface area (Å²) in [4.78, 5) is 0. The summed E-state index contributed by atoms with van der Waals surface area (Å²) in [6.07, 6.45) is 0.464. The minimum absolute atomic E-state index is 0.00439. The SMILES string of the molecule is OCCC(c1cc(Br)ccc1O)c1ccc(Cl)cc1Cl.